The third kappa shape index (κ3) is 5.13. The van der Waals surface area contributed by atoms with E-state index < -0.39 is 11.2 Å². The lowest BCUT2D eigenvalue weighted by Gasteiger charge is -2.29. The first-order chi connectivity index (χ1) is 14.3. The van der Waals surface area contributed by atoms with Crippen molar-refractivity contribution in [3.63, 3.8) is 0 Å². The van der Waals surface area contributed by atoms with Crippen LogP contribution in [0.2, 0.25) is 10.0 Å². The van der Waals surface area contributed by atoms with E-state index in [2.05, 4.69) is 15.0 Å². The SMILES string of the molecule is COC(=O)c1ccc(NC(=O)C2CC(=O)N(C)C(=Nc3cc(Cl)ccc3Cl)S2)cc1. The van der Waals surface area contributed by atoms with Gasteiger partial charge in [0.25, 0.3) is 0 Å². The van der Waals surface area contributed by atoms with Crippen molar-refractivity contribution in [2.45, 2.75) is 11.7 Å². The largest absolute Gasteiger partial charge is 0.465 e. The number of nitrogens with zero attached hydrogens (tertiary/aromatic N) is 2. The van der Waals surface area contributed by atoms with E-state index in [4.69, 9.17) is 23.2 Å². The van der Waals surface area contributed by atoms with E-state index in [9.17, 15) is 14.4 Å². The van der Waals surface area contributed by atoms with Gasteiger partial charge >= 0.3 is 5.97 Å². The number of anilines is 1. The van der Waals surface area contributed by atoms with E-state index in [1.807, 2.05) is 0 Å². The summed E-state index contributed by atoms with van der Waals surface area (Å²) in [4.78, 5) is 42.4. The summed E-state index contributed by atoms with van der Waals surface area (Å²) in [7, 11) is 2.88. The first-order valence-corrected chi connectivity index (χ1v) is 10.4. The van der Waals surface area contributed by atoms with Crippen molar-refractivity contribution in [1.29, 1.82) is 0 Å². The van der Waals surface area contributed by atoms with Gasteiger partial charge in [-0.25, -0.2) is 9.79 Å². The molecule has 0 saturated carbocycles. The van der Waals surface area contributed by atoms with Crippen molar-refractivity contribution in [1.82, 2.24) is 4.90 Å². The molecule has 1 heterocycles. The van der Waals surface area contributed by atoms with Gasteiger partial charge in [-0.1, -0.05) is 35.0 Å². The summed E-state index contributed by atoms with van der Waals surface area (Å²) in [5, 5.41) is 3.26. The zero-order chi connectivity index (χ0) is 21.8. The van der Waals surface area contributed by atoms with Crippen LogP contribution >= 0.6 is 35.0 Å². The minimum Gasteiger partial charge on any atom is -0.465 e. The summed E-state index contributed by atoms with van der Waals surface area (Å²) in [6.07, 6.45) is 0.0234. The normalized spacial score (nSPS) is 17.7. The Morgan fingerprint density at radius 2 is 1.90 bits per heavy atom. The maximum absolute atomic E-state index is 12.7. The molecular weight excluding hydrogens is 449 g/mol. The number of hydrogen-bond acceptors (Lipinski definition) is 6. The van der Waals surface area contributed by atoms with E-state index in [1.165, 1.54) is 12.0 Å². The molecule has 1 unspecified atom stereocenters. The van der Waals surface area contributed by atoms with Crippen LogP contribution in [0.5, 0.6) is 0 Å². The van der Waals surface area contributed by atoms with Crippen molar-refractivity contribution >= 4 is 69.3 Å². The Morgan fingerprint density at radius 1 is 1.20 bits per heavy atom. The molecule has 0 spiro atoms. The average Bonchev–Trinajstić information content (AvgIpc) is 2.73. The van der Waals surface area contributed by atoms with Crippen LogP contribution in [0.15, 0.2) is 47.5 Å². The van der Waals surface area contributed by atoms with Gasteiger partial charge in [-0.3, -0.25) is 14.5 Å². The number of rotatable bonds is 4. The molecule has 1 N–H and O–H groups in total. The fourth-order valence-corrected chi connectivity index (χ4v) is 3.99. The van der Waals surface area contributed by atoms with Crippen molar-refractivity contribution in [3.8, 4) is 0 Å². The maximum Gasteiger partial charge on any atom is 0.337 e. The van der Waals surface area contributed by atoms with Gasteiger partial charge in [0.15, 0.2) is 5.17 Å². The number of esters is 1. The Balaban J connectivity index is 1.76. The van der Waals surface area contributed by atoms with Gasteiger partial charge in [0.05, 0.1) is 23.4 Å². The molecule has 0 aliphatic carbocycles. The topological polar surface area (TPSA) is 88.1 Å². The van der Waals surface area contributed by atoms with Crippen molar-refractivity contribution < 1.29 is 19.1 Å². The molecule has 0 bridgehead atoms. The van der Waals surface area contributed by atoms with Gasteiger partial charge in [-0.05, 0) is 42.5 Å². The number of halogens is 2. The Bertz CT molecular complexity index is 1030. The van der Waals surface area contributed by atoms with Crippen molar-refractivity contribution in [2.75, 3.05) is 19.5 Å². The van der Waals surface area contributed by atoms with Crippen LogP contribution in [0.4, 0.5) is 11.4 Å². The summed E-state index contributed by atoms with van der Waals surface area (Å²) < 4.78 is 4.65. The number of ether oxygens (including phenoxy) is 1. The molecule has 7 nitrogen and oxygen atoms in total. The van der Waals surface area contributed by atoms with Gasteiger partial charge in [0.2, 0.25) is 11.8 Å². The molecule has 1 aliphatic rings. The molecule has 2 aromatic carbocycles. The number of aliphatic imine (C=N–C) groups is 1. The Morgan fingerprint density at radius 3 is 2.57 bits per heavy atom. The van der Waals surface area contributed by atoms with Gasteiger partial charge in [0, 0.05) is 24.2 Å². The first-order valence-electron chi connectivity index (χ1n) is 8.74. The second-order valence-corrected chi connectivity index (χ2v) is 8.33. The number of methoxy groups -OCH3 is 1. The first kappa shape index (κ1) is 22.1. The number of carbonyl (C=O) groups excluding carboxylic acids is 3. The number of thioether (sulfide) groups is 1. The lowest BCUT2D eigenvalue weighted by Crippen LogP contribution is -2.43. The van der Waals surface area contributed by atoms with E-state index >= 15 is 0 Å². The highest BCUT2D eigenvalue weighted by atomic mass is 35.5. The zero-order valence-electron chi connectivity index (χ0n) is 16.0. The molecule has 1 fully saturated rings. The minimum atomic E-state index is -0.675. The van der Waals surface area contributed by atoms with Gasteiger partial charge in [-0.15, -0.1) is 0 Å². The molecule has 0 radical (unpaired) electrons. The fraction of sp³-hybridized carbons (Fsp3) is 0.200. The molecule has 3 rings (SSSR count). The summed E-state index contributed by atoms with van der Waals surface area (Å²) in [5.41, 5.74) is 1.27. The fourth-order valence-electron chi connectivity index (χ4n) is 2.60. The van der Waals surface area contributed by atoms with Crippen LogP contribution in [-0.2, 0) is 14.3 Å². The summed E-state index contributed by atoms with van der Waals surface area (Å²) >= 11 is 13.3. The summed E-state index contributed by atoms with van der Waals surface area (Å²) in [6.45, 7) is 0. The second-order valence-electron chi connectivity index (χ2n) is 6.31. The number of nitrogens with one attached hydrogen (secondary N) is 1. The molecule has 1 saturated heterocycles. The number of benzene rings is 2. The minimum absolute atomic E-state index is 0.0234. The van der Waals surface area contributed by atoms with Crippen LogP contribution in [0, 0.1) is 0 Å². The van der Waals surface area contributed by atoms with E-state index in [0.717, 1.165) is 11.8 Å². The molecule has 0 aromatic heterocycles. The van der Waals surface area contributed by atoms with Crippen LogP contribution < -0.4 is 5.32 Å². The predicted octanol–water partition coefficient (Wildman–Crippen LogP) is 4.37. The lowest BCUT2D eigenvalue weighted by molar-refractivity contribution is -0.128. The van der Waals surface area contributed by atoms with E-state index in [0.29, 0.717) is 32.2 Å². The third-order valence-corrected chi connectivity index (χ3v) is 6.05. The van der Waals surface area contributed by atoms with Crippen molar-refractivity contribution in [2.24, 2.45) is 4.99 Å². The lowest BCUT2D eigenvalue weighted by atomic mass is 10.2. The Hall–Kier alpha value is -2.55. The third-order valence-electron chi connectivity index (χ3n) is 4.26. The van der Waals surface area contributed by atoms with Gasteiger partial charge in [-0.2, -0.15) is 0 Å². The molecule has 2 amide bonds. The number of hydrogen-bond donors (Lipinski definition) is 1. The molecule has 1 atom stereocenters. The summed E-state index contributed by atoms with van der Waals surface area (Å²) in [6, 6.07) is 11.1. The number of amides is 2. The Kier molecular flexibility index (Phi) is 7.02. The highest BCUT2D eigenvalue weighted by Gasteiger charge is 2.34. The van der Waals surface area contributed by atoms with Gasteiger partial charge < -0.3 is 10.1 Å². The second kappa shape index (κ2) is 9.51. The molecular formula is C20H17Cl2N3O4S. The smallest absolute Gasteiger partial charge is 0.337 e. The van der Waals surface area contributed by atoms with Crippen LogP contribution in [0.3, 0.4) is 0 Å². The molecule has 156 valence electrons. The van der Waals surface area contributed by atoms with Crippen LogP contribution in [0.25, 0.3) is 0 Å². The highest BCUT2D eigenvalue weighted by Crippen LogP contribution is 2.33. The Labute approximate surface area is 187 Å². The number of carbonyl (C=O) groups is 3. The molecule has 2 aromatic rings. The van der Waals surface area contributed by atoms with Crippen LogP contribution in [0.1, 0.15) is 16.8 Å². The molecule has 30 heavy (non-hydrogen) atoms. The van der Waals surface area contributed by atoms with Crippen LogP contribution in [-0.4, -0.2) is 47.3 Å². The average molecular weight is 466 g/mol. The number of amidine groups is 1. The quantitative estimate of drug-likeness (QED) is 0.677. The maximum atomic E-state index is 12.7. The summed E-state index contributed by atoms with van der Waals surface area (Å²) in [5.74, 6) is -1.06. The van der Waals surface area contributed by atoms with Crippen molar-refractivity contribution in [3.05, 3.63) is 58.1 Å². The molecule has 1 aliphatic heterocycles. The predicted molar refractivity (Wildman–Crippen MR) is 119 cm³/mol. The zero-order valence-corrected chi connectivity index (χ0v) is 18.3. The van der Waals surface area contributed by atoms with E-state index in [1.54, 1.807) is 49.5 Å². The molecule has 10 heteroatoms. The van der Waals surface area contributed by atoms with Gasteiger partial charge in [0.1, 0.15) is 5.25 Å². The highest BCUT2D eigenvalue weighted by molar-refractivity contribution is 8.15. The van der Waals surface area contributed by atoms with E-state index in [-0.39, 0.29) is 18.2 Å². The standard InChI is InChI=1S/C20H17Cl2N3O4S/c1-25-17(26)10-16(30-20(25)24-15-9-12(21)5-8-14(15)22)18(27)23-13-6-3-11(4-7-13)19(28)29-2/h3-9,16H,10H2,1-2H3,(H,23,27). The monoisotopic (exact) mass is 465 g/mol.